The van der Waals surface area contributed by atoms with Crippen molar-refractivity contribution in [1.29, 1.82) is 0 Å². The van der Waals surface area contributed by atoms with Crippen LogP contribution in [-0.2, 0) is 4.74 Å². The zero-order chi connectivity index (χ0) is 11.7. The summed E-state index contributed by atoms with van der Waals surface area (Å²) in [5.41, 5.74) is 1.03. The van der Waals surface area contributed by atoms with Crippen LogP contribution in [0.4, 0.5) is 0 Å². The summed E-state index contributed by atoms with van der Waals surface area (Å²) in [6.45, 7) is 2.02. The first-order chi connectivity index (χ1) is 7.61. The molecule has 1 heterocycles. The van der Waals surface area contributed by atoms with Gasteiger partial charge in [-0.3, -0.25) is 0 Å². The lowest BCUT2D eigenvalue weighted by Gasteiger charge is -2.03. The molecule has 0 amide bonds. The molecule has 1 aromatic carbocycles. The number of carbonyl (C=O) groups excluding carboxylic acids is 1. The fourth-order valence-electron chi connectivity index (χ4n) is 1.48. The van der Waals surface area contributed by atoms with E-state index in [-0.39, 0.29) is 5.69 Å². The number of esters is 1. The van der Waals surface area contributed by atoms with Gasteiger partial charge in [0.2, 0.25) is 0 Å². The number of nitrogens with one attached hydrogen (secondary N) is 2. The maximum atomic E-state index is 11.6. The minimum atomic E-state index is -0.455. The second kappa shape index (κ2) is 4.13. The standard InChI is InChI=1S/C10H9BrN2O3/c1-2-16-9(14)6-3-5(11)4-7-8(6)13-10(15)12-7/h3-4H,2H2,1H3,(H2,12,13,15). The molecule has 0 fully saturated rings. The molecule has 0 atom stereocenters. The predicted octanol–water partition coefficient (Wildman–Crippen LogP) is 1.80. The minimum absolute atomic E-state index is 0.293. The van der Waals surface area contributed by atoms with E-state index in [0.29, 0.717) is 27.7 Å². The molecule has 0 spiro atoms. The van der Waals surface area contributed by atoms with Crippen molar-refractivity contribution < 1.29 is 9.53 Å². The molecule has 1 aromatic heterocycles. The van der Waals surface area contributed by atoms with Gasteiger partial charge in [0.25, 0.3) is 0 Å². The van der Waals surface area contributed by atoms with Gasteiger partial charge in [0.15, 0.2) is 0 Å². The Morgan fingerprint density at radius 3 is 2.88 bits per heavy atom. The first-order valence-corrected chi connectivity index (χ1v) is 5.49. The average Bonchev–Trinajstić information content (AvgIpc) is 2.57. The van der Waals surface area contributed by atoms with Crippen LogP contribution in [0.1, 0.15) is 17.3 Å². The maximum absolute atomic E-state index is 11.6. The van der Waals surface area contributed by atoms with E-state index in [2.05, 4.69) is 25.9 Å². The number of ether oxygens (including phenoxy) is 1. The van der Waals surface area contributed by atoms with Crippen molar-refractivity contribution >= 4 is 32.9 Å². The van der Waals surface area contributed by atoms with Crippen LogP contribution in [0.15, 0.2) is 21.4 Å². The number of hydrogen-bond acceptors (Lipinski definition) is 3. The fraction of sp³-hybridized carbons (Fsp3) is 0.200. The van der Waals surface area contributed by atoms with Crippen molar-refractivity contribution in [3.05, 3.63) is 32.7 Å². The maximum Gasteiger partial charge on any atom is 0.340 e. The van der Waals surface area contributed by atoms with Crippen LogP contribution in [-0.4, -0.2) is 22.5 Å². The highest BCUT2D eigenvalue weighted by Gasteiger charge is 2.14. The fourth-order valence-corrected chi connectivity index (χ4v) is 1.93. The molecular formula is C10H9BrN2O3. The molecule has 0 unspecified atom stereocenters. The first-order valence-electron chi connectivity index (χ1n) is 4.70. The van der Waals surface area contributed by atoms with E-state index in [1.165, 1.54) is 0 Å². The highest BCUT2D eigenvalue weighted by atomic mass is 79.9. The summed E-state index contributed by atoms with van der Waals surface area (Å²) in [5.74, 6) is -0.455. The zero-order valence-electron chi connectivity index (χ0n) is 8.46. The molecule has 0 aliphatic carbocycles. The van der Waals surface area contributed by atoms with Crippen LogP contribution in [0, 0.1) is 0 Å². The number of imidazole rings is 1. The van der Waals surface area contributed by atoms with Crippen molar-refractivity contribution in [2.24, 2.45) is 0 Å². The van der Waals surface area contributed by atoms with Crippen LogP contribution in [0.2, 0.25) is 0 Å². The van der Waals surface area contributed by atoms with Crippen LogP contribution >= 0.6 is 15.9 Å². The molecule has 0 radical (unpaired) electrons. The van der Waals surface area contributed by atoms with Crippen molar-refractivity contribution in [1.82, 2.24) is 9.97 Å². The minimum Gasteiger partial charge on any atom is -0.462 e. The summed E-state index contributed by atoms with van der Waals surface area (Å²) < 4.78 is 5.61. The Kier molecular flexibility index (Phi) is 2.82. The van der Waals surface area contributed by atoms with E-state index in [1.807, 2.05) is 0 Å². The molecule has 6 heteroatoms. The van der Waals surface area contributed by atoms with E-state index >= 15 is 0 Å². The van der Waals surface area contributed by atoms with Gasteiger partial charge in [-0.15, -0.1) is 0 Å². The number of carbonyl (C=O) groups is 1. The summed E-state index contributed by atoms with van der Waals surface area (Å²) in [7, 11) is 0. The molecule has 0 aliphatic rings. The molecule has 2 aromatic rings. The lowest BCUT2D eigenvalue weighted by Crippen LogP contribution is -2.06. The highest BCUT2D eigenvalue weighted by molar-refractivity contribution is 9.10. The SMILES string of the molecule is CCOC(=O)c1cc(Br)cc2[nH]c(=O)[nH]c12. The molecule has 84 valence electrons. The van der Waals surface area contributed by atoms with Gasteiger partial charge < -0.3 is 14.7 Å². The van der Waals surface area contributed by atoms with Gasteiger partial charge in [0, 0.05) is 4.47 Å². The number of halogens is 1. The Labute approximate surface area is 98.9 Å². The molecule has 2 N–H and O–H groups in total. The smallest absolute Gasteiger partial charge is 0.340 e. The van der Waals surface area contributed by atoms with E-state index in [0.717, 1.165) is 0 Å². The summed E-state index contributed by atoms with van der Waals surface area (Å²) in [6.07, 6.45) is 0. The van der Waals surface area contributed by atoms with Crippen LogP contribution in [0.3, 0.4) is 0 Å². The molecule has 0 bridgehead atoms. The second-order valence-corrected chi connectivity index (χ2v) is 4.09. The number of benzene rings is 1. The molecular weight excluding hydrogens is 276 g/mol. The number of rotatable bonds is 2. The largest absolute Gasteiger partial charge is 0.462 e. The number of H-pyrrole nitrogens is 2. The number of aromatic amines is 2. The number of fused-ring (bicyclic) bond motifs is 1. The lowest BCUT2D eigenvalue weighted by atomic mass is 10.2. The van der Waals surface area contributed by atoms with Gasteiger partial charge in [0.1, 0.15) is 0 Å². The van der Waals surface area contributed by atoms with E-state index in [4.69, 9.17) is 4.74 Å². The summed E-state index contributed by atoms with van der Waals surface area (Å²) in [6, 6.07) is 3.33. The average molecular weight is 285 g/mol. The quantitative estimate of drug-likeness (QED) is 0.826. The third-order valence-electron chi connectivity index (χ3n) is 2.09. The van der Waals surface area contributed by atoms with Gasteiger partial charge in [-0.05, 0) is 19.1 Å². The van der Waals surface area contributed by atoms with Crippen LogP contribution < -0.4 is 5.69 Å². The van der Waals surface area contributed by atoms with Gasteiger partial charge in [0.05, 0.1) is 23.2 Å². The normalized spacial score (nSPS) is 10.6. The Bertz CT molecular complexity index is 600. The molecule has 2 rings (SSSR count). The van der Waals surface area contributed by atoms with Gasteiger partial charge in [-0.25, -0.2) is 9.59 Å². The first kappa shape index (κ1) is 10.9. The van der Waals surface area contributed by atoms with Crippen LogP contribution in [0.5, 0.6) is 0 Å². The zero-order valence-corrected chi connectivity index (χ0v) is 10.1. The van der Waals surface area contributed by atoms with Gasteiger partial charge in [-0.1, -0.05) is 15.9 Å². The monoisotopic (exact) mass is 284 g/mol. The third kappa shape index (κ3) is 1.88. The second-order valence-electron chi connectivity index (χ2n) is 3.18. The van der Waals surface area contributed by atoms with E-state index in [1.54, 1.807) is 19.1 Å². The topological polar surface area (TPSA) is 75.0 Å². The number of aromatic nitrogens is 2. The Hall–Kier alpha value is -1.56. The summed E-state index contributed by atoms with van der Waals surface area (Å²) >= 11 is 3.27. The van der Waals surface area contributed by atoms with Crippen molar-refractivity contribution in [3.63, 3.8) is 0 Å². The van der Waals surface area contributed by atoms with E-state index < -0.39 is 5.97 Å². The molecule has 5 nitrogen and oxygen atoms in total. The van der Waals surface area contributed by atoms with Crippen molar-refractivity contribution in [2.45, 2.75) is 6.92 Å². The summed E-state index contributed by atoms with van der Waals surface area (Å²) in [4.78, 5) is 27.9. The predicted molar refractivity (Wildman–Crippen MR) is 62.6 cm³/mol. The van der Waals surface area contributed by atoms with Gasteiger partial charge in [-0.2, -0.15) is 0 Å². The third-order valence-corrected chi connectivity index (χ3v) is 2.54. The van der Waals surface area contributed by atoms with Crippen molar-refractivity contribution in [3.8, 4) is 0 Å². The molecule has 16 heavy (non-hydrogen) atoms. The van der Waals surface area contributed by atoms with E-state index in [9.17, 15) is 9.59 Å². The summed E-state index contributed by atoms with van der Waals surface area (Å²) in [5, 5.41) is 0. The Morgan fingerprint density at radius 2 is 2.19 bits per heavy atom. The molecule has 0 saturated heterocycles. The molecule has 0 saturated carbocycles. The van der Waals surface area contributed by atoms with Crippen molar-refractivity contribution in [2.75, 3.05) is 6.61 Å². The van der Waals surface area contributed by atoms with Crippen LogP contribution in [0.25, 0.3) is 11.0 Å². The Morgan fingerprint density at radius 1 is 1.44 bits per heavy atom. The highest BCUT2D eigenvalue weighted by Crippen LogP contribution is 2.21. The Balaban J connectivity index is 2.67. The molecule has 0 aliphatic heterocycles. The van der Waals surface area contributed by atoms with Gasteiger partial charge >= 0.3 is 11.7 Å². The lowest BCUT2D eigenvalue weighted by molar-refractivity contribution is 0.0528. The number of hydrogen-bond donors (Lipinski definition) is 2.